The summed E-state index contributed by atoms with van der Waals surface area (Å²) in [6.45, 7) is 4.48. The van der Waals surface area contributed by atoms with Crippen LogP contribution in [0.25, 0.3) is 0 Å². The number of hydrogen-bond acceptors (Lipinski definition) is 6. The van der Waals surface area contributed by atoms with Gasteiger partial charge in [0.15, 0.2) is 0 Å². The van der Waals surface area contributed by atoms with Crippen LogP contribution in [0.15, 0.2) is 18.5 Å². The molecule has 0 aliphatic carbocycles. The van der Waals surface area contributed by atoms with Crippen LogP contribution in [0.4, 0.5) is 23.7 Å². The van der Waals surface area contributed by atoms with E-state index in [0.29, 0.717) is 15.4 Å². The fraction of sp³-hybridized carbons (Fsp3) is 0.429. The van der Waals surface area contributed by atoms with Crippen molar-refractivity contribution in [2.24, 2.45) is 5.73 Å². The van der Waals surface area contributed by atoms with E-state index in [9.17, 15) is 22.8 Å². The minimum Gasteiger partial charge on any atom is -0.475 e. The Balaban J connectivity index is 0.000000540. The number of rotatable bonds is 4. The summed E-state index contributed by atoms with van der Waals surface area (Å²) in [6, 6.07) is 1.02. The van der Waals surface area contributed by atoms with E-state index in [1.807, 2.05) is 13.1 Å². The van der Waals surface area contributed by atoms with Gasteiger partial charge in [-0.05, 0) is 32.4 Å². The zero-order valence-corrected chi connectivity index (χ0v) is 19.6. The zero-order valence-electron chi connectivity index (χ0n) is 18.7. The summed E-state index contributed by atoms with van der Waals surface area (Å²) in [5, 5.41) is 20.2. The molecule has 1 aliphatic heterocycles. The maximum absolute atomic E-state index is 12.8. The number of carbonyl (C=O) groups is 3. The highest BCUT2D eigenvalue weighted by atomic mass is 32.1. The minimum absolute atomic E-state index is 0.0629. The molecule has 1 aliphatic rings. The molecule has 0 bridgehead atoms. The molecule has 6 N–H and O–H groups in total. The second-order valence-corrected chi connectivity index (χ2v) is 8.40. The van der Waals surface area contributed by atoms with Gasteiger partial charge in [0, 0.05) is 25.3 Å². The standard InChI is InChI=1S/C19H24N6O2S.C2HF3O2/c1-2-25-12-13(10-22-25)6-7-15-9-16(24-19(20)27)17(28-15)18(26)23-14-5-3-4-8-21-11-14;3-2(4,5)1(6)7/h9-10,12,14,21H,2-5,8,11H2,1H3,(H,23,26)(H3,20,24,27);(H,6,7)/t14-;/m0./s1. The Kier molecular flexibility index (Phi) is 10.1. The van der Waals surface area contributed by atoms with Gasteiger partial charge in [0.05, 0.1) is 22.3 Å². The van der Waals surface area contributed by atoms with Crippen LogP contribution in [0.2, 0.25) is 0 Å². The van der Waals surface area contributed by atoms with Gasteiger partial charge >= 0.3 is 18.2 Å². The molecule has 0 spiro atoms. The highest BCUT2D eigenvalue weighted by Crippen LogP contribution is 2.27. The van der Waals surface area contributed by atoms with Gasteiger partial charge in [-0.2, -0.15) is 18.3 Å². The summed E-state index contributed by atoms with van der Waals surface area (Å²) in [7, 11) is 0. The van der Waals surface area contributed by atoms with Crippen LogP contribution >= 0.6 is 11.3 Å². The second kappa shape index (κ2) is 12.8. The van der Waals surface area contributed by atoms with E-state index < -0.39 is 18.2 Å². The van der Waals surface area contributed by atoms with Crippen molar-refractivity contribution in [3.8, 4) is 11.8 Å². The largest absolute Gasteiger partial charge is 0.490 e. The zero-order chi connectivity index (χ0) is 26.0. The molecule has 10 nitrogen and oxygen atoms in total. The number of hydrogen-bond donors (Lipinski definition) is 5. The van der Waals surface area contributed by atoms with E-state index in [2.05, 4.69) is 32.9 Å². The van der Waals surface area contributed by atoms with Gasteiger partial charge in [-0.1, -0.05) is 18.3 Å². The lowest BCUT2D eigenvalue weighted by Gasteiger charge is -2.16. The number of aryl methyl sites for hydroxylation is 1. The predicted octanol–water partition coefficient (Wildman–Crippen LogP) is 2.36. The van der Waals surface area contributed by atoms with E-state index in [1.54, 1.807) is 16.9 Å². The number of anilines is 1. The Bertz CT molecular complexity index is 1090. The van der Waals surface area contributed by atoms with Gasteiger partial charge in [-0.3, -0.25) is 9.48 Å². The number of primary amides is 1. The van der Waals surface area contributed by atoms with Crippen LogP contribution in [-0.2, 0) is 11.3 Å². The molecule has 14 heteroatoms. The number of carboxylic acid groups (broad SMARTS) is 1. The Hall–Kier alpha value is -3.57. The Morgan fingerprint density at radius 3 is 2.66 bits per heavy atom. The van der Waals surface area contributed by atoms with E-state index in [-0.39, 0.29) is 11.9 Å². The number of nitrogens with two attached hydrogens (primary N) is 1. The highest BCUT2D eigenvalue weighted by molar-refractivity contribution is 7.15. The molecule has 2 aromatic rings. The number of aromatic nitrogens is 2. The third-order valence-electron chi connectivity index (χ3n) is 4.61. The maximum atomic E-state index is 12.8. The third kappa shape index (κ3) is 9.30. The summed E-state index contributed by atoms with van der Waals surface area (Å²) in [4.78, 5) is 34.1. The first-order chi connectivity index (χ1) is 16.5. The molecule has 3 amide bonds. The van der Waals surface area contributed by atoms with Crippen molar-refractivity contribution >= 4 is 34.9 Å². The van der Waals surface area contributed by atoms with Crippen molar-refractivity contribution in [2.45, 2.75) is 44.9 Å². The SMILES string of the molecule is CCn1cc(C#Cc2cc(NC(N)=O)c(C(=O)N[C@H]3CCCCNC3)s2)cn1.O=C(O)C(F)(F)F. The number of carboxylic acids is 1. The number of carbonyl (C=O) groups excluding carboxylic acids is 2. The molecule has 2 aromatic heterocycles. The fourth-order valence-electron chi connectivity index (χ4n) is 2.97. The van der Waals surface area contributed by atoms with Crippen LogP contribution in [0.5, 0.6) is 0 Å². The van der Waals surface area contributed by atoms with E-state index in [0.717, 1.165) is 44.5 Å². The summed E-state index contributed by atoms with van der Waals surface area (Å²) in [5.41, 5.74) is 6.42. The normalized spacial score (nSPS) is 15.5. The average Bonchev–Trinajstić information content (AvgIpc) is 3.32. The van der Waals surface area contributed by atoms with Gasteiger partial charge in [0.1, 0.15) is 4.88 Å². The lowest BCUT2D eigenvalue weighted by Crippen LogP contribution is -2.40. The molecule has 3 rings (SSSR count). The average molecular weight is 515 g/mol. The molecule has 1 saturated heterocycles. The Labute approximate surface area is 203 Å². The molecule has 1 fully saturated rings. The van der Waals surface area contributed by atoms with Gasteiger partial charge < -0.3 is 26.8 Å². The first-order valence-electron chi connectivity index (χ1n) is 10.6. The summed E-state index contributed by atoms with van der Waals surface area (Å²) in [5.74, 6) is 3.08. The molecule has 0 saturated carbocycles. The van der Waals surface area contributed by atoms with Gasteiger partial charge in [0.25, 0.3) is 5.91 Å². The molecule has 3 heterocycles. The maximum Gasteiger partial charge on any atom is 0.490 e. The lowest BCUT2D eigenvalue weighted by atomic mass is 10.1. The van der Waals surface area contributed by atoms with Crippen molar-refractivity contribution in [3.63, 3.8) is 0 Å². The molecule has 0 unspecified atom stereocenters. The topological polar surface area (TPSA) is 151 Å². The molecule has 190 valence electrons. The van der Waals surface area contributed by atoms with Gasteiger partial charge in [0.2, 0.25) is 0 Å². The Morgan fingerprint density at radius 1 is 1.34 bits per heavy atom. The highest BCUT2D eigenvalue weighted by Gasteiger charge is 2.38. The van der Waals surface area contributed by atoms with Gasteiger partial charge in [-0.25, -0.2) is 9.59 Å². The smallest absolute Gasteiger partial charge is 0.475 e. The van der Waals surface area contributed by atoms with Crippen LogP contribution < -0.4 is 21.7 Å². The van der Waals surface area contributed by atoms with Crippen LogP contribution in [0.1, 0.15) is 46.3 Å². The Morgan fingerprint density at radius 2 is 2.06 bits per heavy atom. The number of aliphatic carboxylic acids is 1. The summed E-state index contributed by atoms with van der Waals surface area (Å²) in [6.07, 6.45) is 1.57. The molecule has 0 radical (unpaired) electrons. The number of urea groups is 1. The van der Waals surface area contributed by atoms with Crippen molar-refractivity contribution in [2.75, 3.05) is 18.4 Å². The second-order valence-electron chi connectivity index (χ2n) is 7.35. The first-order valence-corrected chi connectivity index (χ1v) is 11.4. The van der Waals surface area contributed by atoms with Crippen LogP contribution in [-0.4, -0.2) is 58.1 Å². The lowest BCUT2D eigenvalue weighted by molar-refractivity contribution is -0.192. The molecule has 0 aromatic carbocycles. The number of thiophene rings is 1. The first kappa shape index (κ1) is 27.7. The molecule has 35 heavy (non-hydrogen) atoms. The van der Waals surface area contributed by atoms with E-state index >= 15 is 0 Å². The van der Waals surface area contributed by atoms with Crippen molar-refractivity contribution in [1.29, 1.82) is 0 Å². The minimum atomic E-state index is -5.08. The monoisotopic (exact) mass is 514 g/mol. The predicted molar refractivity (Wildman–Crippen MR) is 123 cm³/mol. The molecular formula is C21H25F3N6O4S. The van der Waals surface area contributed by atoms with Crippen molar-refractivity contribution in [1.82, 2.24) is 20.4 Å². The van der Waals surface area contributed by atoms with E-state index in [1.165, 1.54) is 11.3 Å². The quantitative estimate of drug-likeness (QED) is 0.395. The van der Waals surface area contributed by atoms with Crippen molar-refractivity contribution in [3.05, 3.63) is 33.8 Å². The number of amides is 3. The van der Waals surface area contributed by atoms with Gasteiger partial charge in [-0.15, -0.1) is 11.3 Å². The van der Waals surface area contributed by atoms with E-state index in [4.69, 9.17) is 15.6 Å². The number of alkyl halides is 3. The molecule has 1 atom stereocenters. The number of nitrogens with one attached hydrogen (secondary N) is 3. The number of nitrogens with zero attached hydrogens (tertiary/aromatic N) is 2. The van der Waals surface area contributed by atoms with Crippen molar-refractivity contribution < 1.29 is 32.7 Å². The summed E-state index contributed by atoms with van der Waals surface area (Å²) < 4.78 is 33.5. The molecular weight excluding hydrogens is 489 g/mol. The summed E-state index contributed by atoms with van der Waals surface area (Å²) >= 11 is 1.23. The van der Waals surface area contributed by atoms with Crippen LogP contribution in [0.3, 0.4) is 0 Å². The third-order valence-corrected chi connectivity index (χ3v) is 5.66. The number of halogens is 3. The fourth-order valence-corrected chi connectivity index (χ4v) is 3.85. The van der Waals surface area contributed by atoms with Crippen LogP contribution in [0, 0.1) is 11.8 Å².